The molecule has 4 heteroatoms. The monoisotopic (exact) mass is 293 g/mol. The van der Waals surface area contributed by atoms with E-state index in [9.17, 15) is 4.39 Å². The molecule has 0 radical (unpaired) electrons. The molecule has 0 aromatic heterocycles. The Morgan fingerprint density at radius 1 is 1.38 bits per heavy atom. The summed E-state index contributed by atoms with van der Waals surface area (Å²) in [5.74, 6) is 0.442. The third kappa shape index (κ3) is 2.92. The van der Waals surface area contributed by atoms with Gasteiger partial charge in [-0.05, 0) is 26.5 Å². The molecule has 3 nitrogen and oxygen atoms in total. The Bertz CT molecular complexity index is 532. The first kappa shape index (κ1) is 14.8. The zero-order valence-electron chi connectivity index (χ0n) is 13.0. The van der Waals surface area contributed by atoms with Gasteiger partial charge in [-0.15, -0.1) is 0 Å². The summed E-state index contributed by atoms with van der Waals surface area (Å²) in [6.45, 7) is 7.87. The van der Waals surface area contributed by atoms with Crippen molar-refractivity contribution in [2.75, 3.05) is 13.2 Å². The van der Waals surface area contributed by atoms with E-state index < -0.39 is 0 Å². The summed E-state index contributed by atoms with van der Waals surface area (Å²) in [4.78, 5) is 0. The maximum atomic E-state index is 13.6. The van der Waals surface area contributed by atoms with Crippen LogP contribution in [0.3, 0.4) is 0 Å². The molecule has 0 amide bonds. The van der Waals surface area contributed by atoms with Gasteiger partial charge in [0, 0.05) is 36.9 Å². The van der Waals surface area contributed by atoms with Crippen molar-refractivity contribution in [2.45, 2.75) is 57.3 Å². The van der Waals surface area contributed by atoms with Crippen LogP contribution in [0.4, 0.5) is 4.39 Å². The lowest BCUT2D eigenvalue weighted by Crippen LogP contribution is -2.53. The number of ether oxygens (including phenoxy) is 2. The summed E-state index contributed by atoms with van der Waals surface area (Å²) in [5.41, 5.74) is 0.614. The summed E-state index contributed by atoms with van der Waals surface area (Å²) >= 11 is 0. The van der Waals surface area contributed by atoms with E-state index in [1.807, 2.05) is 6.07 Å². The molecule has 2 heterocycles. The van der Waals surface area contributed by atoms with Crippen LogP contribution in [-0.4, -0.2) is 24.4 Å². The fourth-order valence-electron chi connectivity index (χ4n) is 3.76. The van der Waals surface area contributed by atoms with Crippen LogP contribution in [0.1, 0.15) is 51.6 Å². The molecular formula is C17H24FNO2. The number of halogens is 1. The maximum absolute atomic E-state index is 13.6. The van der Waals surface area contributed by atoms with Crippen LogP contribution in [0.5, 0.6) is 5.75 Å². The molecule has 21 heavy (non-hydrogen) atoms. The van der Waals surface area contributed by atoms with Crippen molar-refractivity contribution >= 4 is 0 Å². The smallest absolute Gasteiger partial charge is 0.127 e. The Morgan fingerprint density at radius 2 is 2.19 bits per heavy atom. The van der Waals surface area contributed by atoms with E-state index in [0.717, 1.165) is 31.4 Å². The largest absolute Gasteiger partial charge is 0.487 e. The summed E-state index contributed by atoms with van der Waals surface area (Å²) in [6.07, 6.45) is 2.60. The Labute approximate surface area is 125 Å². The second-order valence-electron chi connectivity index (χ2n) is 6.82. The maximum Gasteiger partial charge on any atom is 0.127 e. The molecule has 1 spiro atoms. The molecule has 0 bridgehead atoms. The Kier molecular flexibility index (Phi) is 3.70. The Balaban J connectivity index is 1.96. The van der Waals surface area contributed by atoms with Gasteiger partial charge in [-0.2, -0.15) is 0 Å². The van der Waals surface area contributed by atoms with Gasteiger partial charge in [-0.3, -0.25) is 0 Å². The summed E-state index contributed by atoms with van der Waals surface area (Å²) in [7, 11) is 0. The minimum absolute atomic E-state index is 0.195. The van der Waals surface area contributed by atoms with Gasteiger partial charge in [0.15, 0.2) is 0 Å². The van der Waals surface area contributed by atoms with Gasteiger partial charge in [0.25, 0.3) is 0 Å². The third-order valence-electron chi connectivity index (χ3n) is 4.50. The molecular weight excluding hydrogens is 269 g/mol. The van der Waals surface area contributed by atoms with Crippen LogP contribution >= 0.6 is 0 Å². The number of benzene rings is 1. The zero-order valence-corrected chi connectivity index (χ0v) is 13.0. The van der Waals surface area contributed by atoms with E-state index in [-0.39, 0.29) is 23.1 Å². The predicted molar refractivity (Wildman–Crippen MR) is 80.1 cm³/mol. The van der Waals surface area contributed by atoms with Crippen molar-refractivity contribution in [1.82, 2.24) is 5.32 Å². The van der Waals surface area contributed by atoms with Crippen LogP contribution in [0, 0.1) is 5.82 Å². The standard InChI is InChI=1S/C17H24FNO2/c1-4-19-14-10-17(7-8-20-16(2,3)11-17)21-15-9-12(18)5-6-13(14)15/h5-6,9,14,19H,4,7-8,10-11H2,1-3H3. The number of fused-ring (bicyclic) bond motifs is 1. The highest BCUT2D eigenvalue weighted by molar-refractivity contribution is 5.39. The zero-order chi connectivity index (χ0) is 15.1. The van der Waals surface area contributed by atoms with E-state index in [1.54, 1.807) is 0 Å². The van der Waals surface area contributed by atoms with E-state index in [4.69, 9.17) is 9.47 Å². The van der Waals surface area contributed by atoms with E-state index in [1.165, 1.54) is 12.1 Å². The molecule has 3 rings (SSSR count). The summed E-state index contributed by atoms with van der Waals surface area (Å²) in [5, 5.41) is 3.52. The SMILES string of the molecule is CCNC1CC2(CCOC(C)(C)C2)Oc2cc(F)ccc21. The van der Waals surface area contributed by atoms with Crippen molar-refractivity contribution in [2.24, 2.45) is 0 Å². The van der Waals surface area contributed by atoms with Gasteiger partial charge in [-0.1, -0.05) is 13.0 Å². The van der Waals surface area contributed by atoms with Crippen molar-refractivity contribution in [3.63, 3.8) is 0 Å². The predicted octanol–water partition coefficient (Wildman–Crippen LogP) is 3.59. The highest BCUT2D eigenvalue weighted by atomic mass is 19.1. The van der Waals surface area contributed by atoms with Crippen molar-refractivity contribution in [3.8, 4) is 5.75 Å². The van der Waals surface area contributed by atoms with Gasteiger partial charge in [-0.25, -0.2) is 4.39 Å². The van der Waals surface area contributed by atoms with Gasteiger partial charge in [0.1, 0.15) is 17.2 Å². The molecule has 1 N–H and O–H groups in total. The molecule has 0 saturated carbocycles. The Morgan fingerprint density at radius 3 is 2.90 bits per heavy atom. The molecule has 1 saturated heterocycles. The normalized spacial score (nSPS) is 30.8. The Hall–Kier alpha value is -1.13. The fraction of sp³-hybridized carbons (Fsp3) is 0.647. The first-order valence-electron chi connectivity index (χ1n) is 7.79. The first-order chi connectivity index (χ1) is 9.93. The quantitative estimate of drug-likeness (QED) is 0.904. The number of nitrogens with one attached hydrogen (secondary N) is 1. The number of hydrogen-bond acceptors (Lipinski definition) is 3. The first-order valence-corrected chi connectivity index (χ1v) is 7.79. The van der Waals surface area contributed by atoms with E-state index in [0.29, 0.717) is 12.4 Å². The lowest BCUT2D eigenvalue weighted by molar-refractivity contribution is -0.142. The van der Waals surface area contributed by atoms with Gasteiger partial charge < -0.3 is 14.8 Å². The average molecular weight is 293 g/mol. The minimum atomic E-state index is -0.255. The molecule has 2 aliphatic heterocycles. The van der Waals surface area contributed by atoms with Crippen LogP contribution in [0.25, 0.3) is 0 Å². The lowest BCUT2D eigenvalue weighted by atomic mass is 9.77. The van der Waals surface area contributed by atoms with E-state index in [2.05, 4.69) is 26.1 Å². The minimum Gasteiger partial charge on any atom is -0.487 e. The molecule has 2 unspecified atom stereocenters. The van der Waals surface area contributed by atoms with Gasteiger partial charge in [0.05, 0.1) is 12.2 Å². The molecule has 2 aliphatic rings. The topological polar surface area (TPSA) is 30.5 Å². The van der Waals surface area contributed by atoms with Crippen LogP contribution in [0.15, 0.2) is 18.2 Å². The van der Waals surface area contributed by atoms with Crippen molar-refractivity contribution in [3.05, 3.63) is 29.6 Å². The second kappa shape index (κ2) is 5.25. The molecule has 0 aliphatic carbocycles. The molecule has 2 atom stereocenters. The van der Waals surface area contributed by atoms with Crippen LogP contribution < -0.4 is 10.1 Å². The highest BCUT2D eigenvalue weighted by Crippen LogP contribution is 2.47. The average Bonchev–Trinajstić information content (AvgIpc) is 2.36. The summed E-state index contributed by atoms with van der Waals surface area (Å²) < 4.78 is 25.7. The lowest BCUT2D eigenvalue weighted by Gasteiger charge is -2.49. The molecule has 1 aromatic rings. The third-order valence-corrected chi connectivity index (χ3v) is 4.50. The van der Waals surface area contributed by atoms with Gasteiger partial charge >= 0.3 is 0 Å². The second-order valence-corrected chi connectivity index (χ2v) is 6.82. The van der Waals surface area contributed by atoms with Crippen molar-refractivity contribution in [1.29, 1.82) is 0 Å². The summed E-state index contributed by atoms with van der Waals surface area (Å²) in [6, 6.07) is 5.09. The van der Waals surface area contributed by atoms with E-state index >= 15 is 0 Å². The fourth-order valence-corrected chi connectivity index (χ4v) is 3.76. The molecule has 1 aromatic carbocycles. The van der Waals surface area contributed by atoms with Crippen LogP contribution in [-0.2, 0) is 4.74 Å². The number of rotatable bonds is 2. The van der Waals surface area contributed by atoms with Gasteiger partial charge in [0.2, 0.25) is 0 Å². The molecule has 116 valence electrons. The van der Waals surface area contributed by atoms with Crippen LogP contribution in [0.2, 0.25) is 0 Å². The van der Waals surface area contributed by atoms with Crippen molar-refractivity contribution < 1.29 is 13.9 Å². The number of hydrogen-bond donors (Lipinski definition) is 1. The molecule has 1 fully saturated rings. The highest BCUT2D eigenvalue weighted by Gasteiger charge is 2.47.